The van der Waals surface area contributed by atoms with E-state index in [0.717, 1.165) is 18.9 Å². The van der Waals surface area contributed by atoms with Crippen molar-refractivity contribution in [3.63, 3.8) is 0 Å². The maximum absolute atomic E-state index is 13.5. The monoisotopic (exact) mass is 270 g/mol. The molecule has 0 aliphatic heterocycles. The highest BCUT2D eigenvalue weighted by Crippen LogP contribution is 2.27. The average molecular weight is 270 g/mol. The lowest BCUT2D eigenvalue weighted by atomic mass is 10.3. The van der Waals surface area contributed by atoms with Crippen LogP contribution < -0.4 is 11.1 Å². The fourth-order valence-electron chi connectivity index (χ4n) is 1.53. The molecule has 1 aromatic carbocycles. The highest BCUT2D eigenvalue weighted by atomic mass is 32.2. The Balaban J connectivity index is 1.91. The van der Waals surface area contributed by atoms with Crippen molar-refractivity contribution >= 4 is 22.4 Å². The van der Waals surface area contributed by atoms with Crippen molar-refractivity contribution in [1.82, 2.24) is 5.32 Å². The van der Waals surface area contributed by atoms with E-state index in [4.69, 9.17) is 5.73 Å². The minimum atomic E-state index is -1.67. The summed E-state index contributed by atoms with van der Waals surface area (Å²) in [6.45, 7) is 0.625. The highest BCUT2D eigenvalue weighted by molar-refractivity contribution is 7.85. The van der Waals surface area contributed by atoms with Gasteiger partial charge in [0, 0.05) is 12.2 Å². The fraction of sp³-hybridized carbons (Fsp3) is 0.417. The van der Waals surface area contributed by atoms with Crippen molar-refractivity contribution in [1.29, 1.82) is 0 Å². The lowest BCUT2D eigenvalue weighted by Crippen LogP contribution is -2.30. The molecule has 0 heterocycles. The molecule has 6 heteroatoms. The summed E-state index contributed by atoms with van der Waals surface area (Å²) in [7, 11) is -1.67. The van der Waals surface area contributed by atoms with Crippen LogP contribution in [-0.2, 0) is 15.6 Å². The van der Waals surface area contributed by atoms with Crippen LogP contribution >= 0.6 is 0 Å². The molecule has 0 radical (unpaired) electrons. The molecule has 1 aromatic rings. The summed E-state index contributed by atoms with van der Waals surface area (Å²) in [5.41, 5.74) is 5.67. The van der Waals surface area contributed by atoms with Gasteiger partial charge in [0.15, 0.2) is 0 Å². The first-order valence-electron chi connectivity index (χ1n) is 5.76. The van der Waals surface area contributed by atoms with Crippen LogP contribution in [0.25, 0.3) is 0 Å². The predicted molar refractivity (Wildman–Crippen MR) is 67.8 cm³/mol. The average Bonchev–Trinajstić information content (AvgIpc) is 3.09. The summed E-state index contributed by atoms with van der Waals surface area (Å²) in [4.78, 5) is 11.5. The number of nitrogens with two attached hydrogens (primary N) is 1. The van der Waals surface area contributed by atoms with Crippen LogP contribution in [0, 0.1) is 11.7 Å². The van der Waals surface area contributed by atoms with E-state index in [0.29, 0.717) is 12.5 Å². The van der Waals surface area contributed by atoms with Crippen molar-refractivity contribution in [3.8, 4) is 0 Å². The van der Waals surface area contributed by atoms with Crippen LogP contribution in [0.5, 0.6) is 0 Å². The summed E-state index contributed by atoms with van der Waals surface area (Å²) in [6.07, 6.45) is 2.27. The van der Waals surface area contributed by atoms with Crippen molar-refractivity contribution in [2.45, 2.75) is 17.7 Å². The van der Waals surface area contributed by atoms with Gasteiger partial charge in [0.05, 0.1) is 15.7 Å². The lowest BCUT2D eigenvalue weighted by Gasteiger charge is -2.05. The van der Waals surface area contributed by atoms with Crippen molar-refractivity contribution in [3.05, 3.63) is 24.0 Å². The van der Waals surface area contributed by atoms with Crippen molar-refractivity contribution in [2.75, 3.05) is 18.0 Å². The van der Waals surface area contributed by atoms with Gasteiger partial charge >= 0.3 is 0 Å². The van der Waals surface area contributed by atoms with Gasteiger partial charge in [0.1, 0.15) is 11.6 Å². The molecular weight excluding hydrogens is 255 g/mol. The second-order valence-corrected chi connectivity index (χ2v) is 5.85. The van der Waals surface area contributed by atoms with E-state index >= 15 is 0 Å². The molecule has 98 valence electrons. The van der Waals surface area contributed by atoms with Crippen molar-refractivity contribution < 1.29 is 13.4 Å². The zero-order chi connectivity index (χ0) is 13.1. The molecule has 1 fully saturated rings. The Morgan fingerprint density at radius 2 is 2.22 bits per heavy atom. The maximum Gasteiger partial charge on any atom is 0.233 e. The Morgan fingerprint density at radius 1 is 1.50 bits per heavy atom. The summed E-state index contributed by atoms with van der Waals surface area (Å²) >= 11 is 0. The van der Waals surface area contributed by atoms with Gasteiger partial charge < -0.3 is 11.1 Å². The number of nitrogens with one attached hydrogen (secondary N) is 1. The number of benzene rings is 1. The highest BCUT2D eigenvalue weighted by Gasteiger charge is 2.22. The van der Waals surface area contributed by atoms with Gasteiger partial charge in [-0.1, -0.05) is 0 Å². The Labute approximate surface area is 107 Å². The number of nitrogen functional groups attached to an aromatic ring is 1. The van der Waals surface area contributed by atoms with Gasteiger partial charge in [-0.25, -0.2) is 4.39 Å². The van der Waals surface area contributed by atoms with Gasteiger partial charge in [-0.15, -0.1) is 0 Å². The molecule has 1 aliphatic carbocycles. The number of amides is 1. The number of hydrogen-bond donors (Lipinski definition) is 2. The molecule has 2 rings (SSSR count). The summed E-state index contributed by atoms with van der Waals surface area (Å²) in [5, 5.41) is 2.70. The topological polar surface area (TPSA) is 72.2 Å². The molecule has 0 saturated heterocycles. The van der Waals surface area contributed by atoms with Gasteiger partial charge in [0.25, 0.3) is 0 Å². The molecule has 0 aromatic heterocycles. The lowest BCUT2D eigenvalue weighted by molar-refractivity contribution is -0.118. The number of anilines is 1. The predicted octanol–water partition coefficient (Wildman–Crippen LogP) is 1.04. The maximum atomic E-state index is 13.5. The molecule has 1 saturated carbocycles. The number of carbonyl (C=O) groups is 1. The van der Waals surface area contributed by atoms with E-state index in [2.05, 4.69) is 5.32 Å². The SMILES string of the molecule is Nc1ccc(S(=O)CC(=O)NCC2CC2)c(F)c1. The standard InChI is InChI=1S/C12H15FN2O2S/c13-10-5-9(14)3-4-11(10)18(17)7-12(16)15-6-8-1-2-8/h3-5,8H,1-2,6-7,14H2,(H,15,16). The normalized spacial score (nSPS) is 16.3. The molecule has 0 spiro atoms. The Kier molecular flexibility index (Phi) is 3.96. The van der Waals surface area contributed by atoms with E-state index in [9.17, 15) is 13.4 Å². The molecule has 1 aliphatic rings. The number of hydrogen-bond acceptors (Lipinski definition) is 3. The minimum absolute atomic E-state index is 0.0192. The van der Waals surface area contributed by atoms with Crippen LogP contribution in [0.1, 0.15) is 12.8 Å². The van der Waals surface area contributed by atoms with Gasteiger partial charge in [-0.05, 0) is 37.0 Å². The molecular formula is C12H15FN2O2S. The summed E-state index contributed by atoms with van der Waals surface area (Å²) in [5.74, 6) is -0.594. The Hall–Kier alpha value is -1.43. The third kappa shape index (κ3) is 3.53. The molecule has 18 heavy (non-hydrogen) atoms. The molecule has 1 amide bonds. The van der Waals surface area contributed by atoms with Gasteiger partial charge in [0.2, 0.25) is 5.91 Å². The third-order valence-electron chi connectivity index (χ3n) is 2.75. The van der Waals surface area contributed by atoms with Crippen LogP contribution in [0.15, 0.2) is 23.1 Å². The fourth-order valence-corrected chi connectivity index (χ4v) is 2.52. The van der Waals surface area contributed by atoms with Gasteiger partial charge in [-0.2, -0.15) is 0 Å². The van der Waals surface area contributed by atoms with Crippen LogP contribution in [0.4, 0.5) is 10.1 Å². The van der Waals surface area contributed by atoms with Crippen LogP contribution in [0.3, 0.4) is 0 Å². The second-order valence-electron chi connectivity index (χ2n) is 4.43. The first-order chi connectivity index (χ1) is 8.56. The van der Waals surface area contributed by atoms with E-state index < -0.39 is 16.6 Å². The summed E-state index contributed by atoms with van der Waals surface area (Å²) < 4.78 is 25.3. The Morgan fingerprint density at radius 3 is 2.83 bits per heavy atom. The zero-order valence-electron chi connectivity index (χ0n) is 9.82. The smallest absolute Gasteiger partial charge is 0.233 e. The summed E-state index contributed by atoms with van der Waals surface area (Å²) in [6, 6.07) is 3.93. The zero-order valence-corrected chi connectivity index (χ0v) is 10.6. The minimum Gasteiger partial charge on any atom is -0.399 e. The van der Waals surface area contributed by atoms with E-state index in [1.165, 1.54) is 12.1 Å². The first-order valence-corrected chi connectivity index (χ1v) is 7.08. The van der Waals surface area contributed by atoms with Crippen LogP contribution in [-0.4, -0.2) is 22.4 Å². The molecule has 4 nitrogen and oxygen atoms in total. The first kappa shape index (κ1) is 13.0. The largest absolute Gasteiger partial charge is 0.399 e. The van der Waals surface area contributed by atoms with Crippen molar-refractivity contribution in [2.24, 2.45) is 5.92 Å². The van der Waals surface area contributed by atoms with Crippen LogP contribution in [0.2, 0.25) is 0 Å². The van der Waals surface area contributed by atoms with E-state index in [1.54, 1.807) is 0 Å². The molecule has 1 atom stereocenters. The van der Waals surface area contributed by atoms with E-state index in [1.807, 2.05) is 0 Å². The number of rotatable bonds is 5. The van der Waals surface area contributed by atoms with Gasteiger partial charge in [-0.3, -0.25) is 9.00 Å². The second kappa shape index (κ2) is 5.48. The van der Waals surface area contributed by atoms with E-state index in [-0.39, 0.29) is 22.2 Å². The Bertz CT molecular complexity index is 489. The number of halogens is 1. The molecule has 0 bridgehead atoms. The molecule has 3 N–H and O–H groups in total. The third-order valence-corrected chi connectivity index (χ3v) is 4.09. The molecule has 1 unspecified atom stereocenters. The number of carbonyl (C=O) groups excluding carboxylic acids is 1. The quantitative estimate of drug-likeness (QED) is 0.785.